The van der Waals surface area contributed by atoms with E-state index < -0.39 is 0 Å². The molecule has 1 saturated carbocycles. The number of Topliss-reactive ketones (excluding diaryl/α,β-unsaturated/α-hetero) is 1. The van der Waals surface area contributed by atoms with Crippen molar-refractivity contribution in [2.24, 2.45) is 5.92 Å². The summed E-state index contributed by atoms with van der Waals surface area (Å²) in [6, 6.07) is 0. The van der Waals surface area contributed by atoms with E-state index in [-0.39, 0.29) is 6.61 Å². The summed E-state index contributed by atoms with van der Waals surface area (Å²) in [7, 11) is 0. The Morgan fingerprint density at radius 2 is 2.20 bits per heavy atom. The van der Waals surface area contributed by atoms with Gasteiger partial charge in [0, 0.05) is 18.9 Å². The Balaban J connectivity index is 2.08. The van der Waals surface area contributed by atoms with Gasteiger partial charge < -0.3 is 5.11 Å². The number of carbonyl (C=O) groups excluding carboxylic acids is 1. The topological polar surface area (TPSA) is 37.3 Å². The lowest BCUT2D eigenvalue weighted by Crippen LogP contribution is -2.21. The van der Waals surface area contributed by atoms with Gasteiger partial charge in [-0.2, -0.15) is 0 Å². The number of hydrogen-bond acceptors (Lipinski definition) is 2. The maximum atomic E-state index is 11.1. The molecule has 0 atom stereocenters. The number of aliphatic hydroxyl groups is 1. The molecule has 0 saturated heterocycles. The van der Waals surface area contributed by atoms with Crippen LogP contribution in [0.15, 0.2) is 0 Å². The maximum Gasteiger partial charge on any atom is 0.136 e. The molecular weight excluding hydrogens is 128 g/mol. The summed E-state index contributed by atoms with van der Waals surface area (Å²) in [5.41, 5.74) is 0. The number of hydrogen-bond donors (Lipinski definition) is 1. The molecule has 58 valence electrons. The molecular formula is C8H14O2. The Hall–Kier alpha value is -0.370. The summed E-state index contributed by atoms with van der Waals surface area (Å²) >= 11 is 0. The average molecular weight is 142 g/mol. The van der Waals surface area contributed by atoms with Gasteiger partial charge >= 0.3 is 0 Å². The quantitative estimate of drug-likeness (QED) is 0.638. The zero-order chi connectivity index (χ0) is 7.40. The Morgan fingerprint density at radius 1 is 1.50 bits per heavy atom. The largest absolute Gasteiger partial charge is 0.396 e. The Morgan fingerprint density at radius 3 is 2.60 bits per heavy atom. The molecule has 1 rings (SSSR count). The summed E-state index contributed by atoms with van der Waals surface area (Å²) in [6.07, 6.45) is 4.63. The van der Waals surface area contributed by atoms with Crippen molar-refractivity contribution in [3.63, 3.8) is 0 Å². The van der Waals surface area contributed by atoms with Crippen LogP contribution in [0.25, 0.3) is 0 Å². The van der Waals surface area contributed by atoms with Crippen LogP contribution in [0.4, 0.5) is 0 Å². The number of carbonyl (C=O) groups is 1. The molecule has 0 bridgehead atoms. The van der Waals surface area contributed by atoms with Crippen LogP contribution in [-0.4, -0.2) is 17.5 Å². The Labute approximate surface area is 61.2 Å². The van der Waals surface area contributed by atoms with Crippen molar-refractivity contribution < 1.29 is 9.90 Å². The Bertz CT molecular complexity index is 116. The molecule has 1 N–H and O–H groups in total. The highest BCUT2D eigenvalue weighted by Crippen LogP contribution is 2.28. The highest BCUT2D eigenvalue weighted by Gasteiger charge is 2.23. The van der Waals surface area contributed by atoms with Crippen LogP contribution < -0.4 is 0 Å². The molecule has 2 heteroatoms. The van der Waals surface area contributed by atoms with Crippen molar-refractivity contribution in [1.29, 1.82) is 0 Å². The monoisotopic (exact) mass is 142 g/mol. The third-order valence-corrected chi connectivity index (χ3v) is 2.14. The third-order valence-electron chi connectivity index (χ3n) is 2.14. The molecule has 1 fully saturated rings. The zero-order valence-electron chi connectivity index (χ0n) is 6.18. The van der Waals surface area contributed by atoms with Crippen LogP contribution in [0.5, 0.6) is 0 Å². The van der Waals surface area contributed by atoms with Gasteiger partial charge in [-0.15, -0.1) is 0 Å². The molecule has 0 amide bonds. The predicted octanol–water partition coefficient (Wildman–Crippen LogP) is 1.13. The van der Waals surface area contributed by atoms with Crippen LogP contribution in [0.1, 0.15) is 32.1 Å². The van der Waals surface area contributed by atoms with Gasteiger partial charge in [0.2, 0.25) is 0 Å². The maximum absolute atomic E-state index is 11.1. The van der Waals surface area contributed by atoms with Gasteiger partial charge in [-0.3, -0.25) is 4.79 Å². The fraction of sp³-hybridized carbons (Fsp3) is 0.875. The van der Waals surface area contributed by atoms with Gasteiger partial charge in [0.25, 0.3) is 0 Å². The minimum Gasteiger partial charge on any atom is -0.396 e. The molecule has 0 aromatic heterocycles. The molecule has 1 aliphatic carbocycles. The van der Waals surface area contributed by atoms with Crippen LogP contribution in [0, 0.1) is 5.92 Å². The number of ketones is 1. The van der Waals surface area contributed by atoms with E-state index in [1.807, 2.05) is 0 Å². The van der Waals surface area contributed by atoms with E-state index in [9.17, 15) is 4.79 Å². The second-order valence-electron chi connectivity index (χ2n) is 2.92. The van der Waals surface area contributed by atoms with E-state index in [1.54, 1.807) is 0 Å². The first-order chi connectivity index (χ1) is 4.84. The van der Waals surface area contributed by atoms with Gasteiger partial charge in [-0.25, -0.2) is 0 Å². The summed E-state index contributed by atoms with van der Waals surface area (Å²) in [4.78, 5) is 11.1. The molecule has 0 unspecified atom stereocenters. The minimum atomic E-state index is 0.151. The van der Waals surface area contributed by atoms with Gasteiger partial charge in [-0.1, -0.05) is 6.42 Å². The van der Waals surface area contributed by atoms with Gasteiger partial charge in [0.1, 0.15) is 5.78 Å². The molecule has 2 nitrogen and oxygen atoms in total. The summed E-state index contributed by atoms with van der Waals surface area (Å²) < 4.78 is 0. The predicted molar refractivity (Wildman–Crippen MR) is 38.7 cm³/mol. The number of aliphatic hydroxyl groups excluding tert-OH is 1. The smallest absolute Gasteiger partial charge is 0.136 e. The highest BCUT2D eigenvalue weighted by molar-refractivity contribution is 5.81. The van der Waals surface area contributed by atoms with Crippen LogP contribution >= 0.6 is 0 Å². The molecule has 10 heavy (non-hydrogen) atoms. The lowest BCUT2D eigenvalue weighted by molar-refractivity contribution is -0.125. The average Bonchev–Trinajstić information content (AvgIpc) is 1.79. The van der Waals surface area contributed by atoms with Crippen molar-refractivity contribution >= 4 is 5.78 Å². The van der Waals surface area contributed by atoms with Crippen molar-refractivity contribution in [3.8, 4) is 0 Å². The number of rotatable bonds is 4. The normalized spacial score (nSPS) is 18.5. The second-order valence-corrected chi connectivity index (χ2v) is 2.92. The van der Waals surface area contributed by atoms with E-state index in [2.05, 4.69) is 0 Å². The third kappa shape index (κ3) is 1.81. The second kappa shape index (κ2) is 3.71. The highest BCUT2D eigenvalue weighted by atomic mass is 16.3. The lowest BCUT2D eigenvalue weighted by atomic mass is 9.81. The van der Waals surface area contributed by atoms with E-state index in [4.69, 9.17) is 5.11 Å². The van der Waals surface area contributed by atoms with Crippen molar-refractivity contribution in [2.45, 2.75) is 32.1 Å². The first kappa shape index (κ1) is 7.73. The van der Waals surface area contributed by atoms with Gasteiger partial charge in [0.05, 0.1) is 0 Å². The molecule has 0 spiro atoms. The molecule has 0 heterocycles. The molecule has 0 aromatic carbocycles. The fourth-order valence-electron chi connectivity index (χ4n) is 1.19. The lowest BCUT2D eigenvalue weighted by Gasteiger charge is -2.23. The Kier molecular flexibility index (Phi) is 2.87. The molecule has 0 aromatic rings. The summed E-state index contributed by atoms with van der Waals surface area (Å²) in [6.45, 7) is 0.151. The molecule has 0 radical (unpaired) electrons. The van der Waals surface area contributed by atoms with E-state index >= 15 is 0 Å². The van der Waals surface area contributed by atoms with Gasteiger partial charge in [0.15, 0.2) is 0 Å². The summed E-state index contributed by atoms with van der Waals surface area (Å²) in [5.74, 6) is 0.715. The van der Waals surface area contributed by atoms with E-state index in [0.29, 0.717) is 24.5 Å². The molecule has 0 aliphatic heterocycles. The molecule has 1 aliphatic rings. The first-order valence-electron chi connectivity index (χ1n) is 3.98. The van der Waals surface area contributed by atoms with E-state index in [1.165, 1.54) is 6.42 Å². The van der Waals surface area contributed by atoms with E-state index in [0.717, 1.165) is 12.8 Å². The van der Waals surface area contributed by atoms with Crippen molar-refractivity contribution in [3.05, 3.63) is 0 Å². The van der Waals surface area contributed by atoms with Crippen LogP contribution in [0.2, 0.25) is 0 Å². The standard InChI is InChI=1S/C8H14O2/c9-6-2-5-8(10)7-3-1-4-7/h7,9H,1-6H2. The summed E-state index contributed by atoms with van der Waals surface area (Å²) in [5, 5.41) is 8.44. The van der Waals surface area contributed by atoms with Gasteiger partial charge in [-0.05, 0) is 19.3 Å². The fourth-order valence-corrected chi connectivity index (χ4v) is 1.19. The SMILES string of the molecule is O=C(CCCO)C1CCC1. The van der Waals surface area contributed by atoms with Crippen LogP contribution in [0.3, 0.4) is 0 Å². The first-order valence-corrected chi connectivity index (χ1v) is 3.98. The zero-order valence-corrected chi connectivity index (χ0v) is 6.18. The van der Waals surface area contributed by atoms with Crippen molar-refractivity contribution in [2.75, 3.05) is 6.61 Å². The van der Waals surface area contributed by atoms with Crippen LogP contribution in [-0.2, 0) is 4.79 Å². The van der Waals surface area contributed by atoms with Crippen molar-refractivity contribution in [1.82, 2.24) is 0 Å². The minimum absolute atomic E-state index is 0.151.